The zero-order valence-corrected chi connectivity index (χ0v) is 5.76. The Morgan fingerprint density at radius 2 is 2.60 bits per heavy atom. The van der Waals surface area contributed by atoms with Crippen molar-refractivity contribution in [1.82, 2.24) is 9.97 Å². The summed E-state index contributed by atoms with van der Waals surface area (Å²) < 4.78 is 0. The summed E-state index contributed by atoms with van der Waals surface area (Å²) in [4.78, 5) is 7.49. The van der Waals surface area contributed by atoms with Crippen molar-refractivity contribution < 1.29 is 0 Å². The first-order valence-electron chi connectivity index (χ1n) is 2.59. The molecule has 0 aliphatic heterocycles. The number of hydrogen-bond donors (Lipinski definition) is 0. The summed E-state index contributed by atoms with van der Waals surface area (Å²) in [5.41, 5.74) is 0. The molecule has 0 fully saturated rings. The molecule has 1 heterocycles. The second-order valence-electron chi connectivity index (χ2n) is 1.56. The van der Waals surface area contributed by atoms with E-state index in [4.69, 9.17) is 16.9 Å². The Balaban J connectivity index is 2.87. The number of rotatable bonds is 1. The molecule has 10 heavy (non-hydrogen) atoms. The third kappa shape index (κ3) is 1.67. The van der Waals surface area contributed by atoms with E-state index in [2.05, 4.69) is 16.0 Å². The maximum absolute atomic E-state index is 8.23. The molecule has 0 amide bonds. The Hall–Kier alpha value is -1.14. The molecule has 0 aliphatic rings. The van der Waals surface area contributed by atoms with Crippen LogP contribution in [0.4, 0.5) is 0 Å². The first-order chi connectivity index (χ1) is 4.83. The van der Waals surface area contributed by atoms with Crippen molar-refractivity contribution in [3.05, 3.63) is 23.2 Å². The number of nitrogens with zero attached hydrogens (tertiary/aromatic N) is 3. The lowest BCUT2D eigenvalue weighted by Crippen LogP contribution is -1.91. The Morgan fingerprint density at radius 3 is 3.20 bits per heavy atom. The molecule has 0 atom stereocenters. The molecule has 0 bridgehead atoms. The topological polar surface area (TPSA) is 49.6 Å². The van der Waals surface area contributed by atoms with Gasteiger partial charge < -0.3 is 0 Å². The van der Waals surface area contributed by atoms with Crippen molar-refractivity contribution in [2.45, 2.75) is 6.42 Å². The smallest absolute Gasteiger partial charge is 0.144 e. The quantitative estimate of drug-likeness (QED) is 0.564. The maximum Gasteiger partial charge on any atom is 0.144 e. The van der Waals surface area contributed by atoms with Crippen LogP contribution in [0.3, 0.4) is 0 Å². The van der Waals surface area contributed by atoms with Crippen LogP contribution in [0.1, 0.15) is 5.82 Å². The van der Waals surface area contributed by atoms with Crippen molar-refractivity contribution in [2.24, 2.45) is 0 Å². The van der Waals surface area contributed by atoms with E-state index in [0.29, 0.717) is 5.82 Å². The van der Waals surface area contributed by atoms with Crippen molar-refractivity contribution in [3.8, 4) is 6.07 Å². The van der Waals surface area contributed by atoms with Gasteiger partial charge in [-0.25, -0.2) is 9.97 Å². The summed E-state index contributed by atoms with van der Waals surface area (Å²) in [6, 6.07) is 4.48. The van der Waals surface area contributed by atoms with Gasteiger partial charge in [-0.05, 0) is 0 Å². The van der Waals surface area contributed by atoms with E-state index >= 15 is 0 Å². The Kier molecular flexibility index (Phi) is 2.19. The molecule has 0 N–H and O–H groups in total. The van der Waals surface area contributed by atoms with Crippen LogP contribution in [0.2, 0.25) is 5.15 Å². The highest BCUT2D eigenvalue weighted by molar-refractivity contribution is 6.29. The highest BCUT2D eigenvalue weighted by atomic mass is 35.5. The van der Waals surface area contributed by atoms with E-state index in [1.165, 1.54) is 6.20 Å². The number of halogens is 1. The fourth-order valence-electron chi connectivity index (χ4n) is 0.490. The predicted octanol–water partition coefficient (Wildman–Crippen LogP) is 0.996. The molecule has 49 valence electrons. The molecular formula is C6H3ClN3. The summed E-state index contributed by atoms with van der Waals surface area (Å²) in [7, 11) is 0. The lowest BCUT2D eigenvalue weighted by atomic mass is 10.4. The molecule has 1 aromatic heterocycles. The van der Waals surface area contributed by atoms with E-state index in [0.717, 1.165) is 0 Å². The zero-order chi connectivity index (χ0) is 7.40. The monoisotopic (exact) mass is 152 g/mol. The van der Waals surface area contributed by atoms with Gasteiger partial charge in [0.1, 0.15) is 11.0 Å². The van der Waals surface area contributed by atoms with Crippen LogP contribution in [0.5, 0.6) is 0 Å². The van der Waals surface area contributed by atoms with Gasteiger partial charge in [0.15, 0.2) is 0 Å². The van der Waals surface area contributed by atoms with E-state index in [9.17, 15) is 0 Å². The summed E-state index contributed by atoms with van der Waals surface area (Å²) in [5, 5.41) is 8.48. The van der Waals surface area contributed by atoms with E-state index in [1.54, 1.807) is 0 Å². The summed E-state index contributed by atoms with van der Waals surface area (Å²) in [6.07, 6.45) is 1.59. The van der Waals surface area contributed by atoms with Gasteiger partial charge in [0.05, 0.1) is 12.5 Å². The van der Waals surface area contributed by atoms with E-state index in [-0.39, 0.29) is 11.6 Å². The number of hydrogen-bond acceptors (Lipinski definition) is 3. The van der Waals surface area contributed by atoms with Crippen LogP contribution in [0.15, 0.2) is 6.20 Å². The molecule has 0 aliphatic carbocycles. The van der Waals surface area contributed by atoms with Gasteiger partial charge in [0.25, 0.3) is 0 Å². The lowest BCUT2D eigenvalue weighted by molar-refractivity contribution is 0.993. The summed E-state index contributed by atoms with van der Waals surface area (Å²) in [6.45, 7) is 0. The predicted molar refractivity (Wildman–Crippen MR) is 35.2 cm³/mol. The second-order valence-corrected chi connectivity index (χ2v) is 1.91. The van der Waals surface area contributed by atoms with Crippen LogP contribution in [-0.2, 0) is 6.42 Å². The molecule has 1 aromatic rings. The maximum atomic E-state index is 8.23. The summed E-state index contributed by atoms with van der Waals surface area (Å²) >= 11 is 5.46. The van der Waals surface area contributed by atoms with Crippen molar-refractivity contribution in [1.29, 1.82) is 5.26 Å². The molecule has 0 saturated carbocycles. The standard InChI is InChI=1S/C6H3ClN3/c7-5-2-4-9-6(10-5)1-3-8/h4H,1H2. The molecule has 1 radical (unpaired) electrons. The SMILES string of the molecule is N#CCc1nc[c]c(Cl)n1. The molecule has 0 aromatic carbocycles. The molecule has 1 rings (SSSR count). The van der Waals surface area contributed by atoms with Gasteiger partial charge in [0.2, 0.25) is 0 Å². The molecule has 0 spiro atoms. The van der Waals surface area contributed by atoms with Crippen molar-refractivity contribution >= 4 is 11.6 Å². The van der Waals surface area contributed by atoms with Gasteiger partial charge in [-0.15, -0.1) is 0 Å². The van der Waals surface area contributed by atoms with E-state index in [1.807, 2.05) is 6.07 Å². The van der Waals surface area contributed by atoms with E-state index < -0.39 is 0 Å². The third-order valence-corrected chi connectivity index (χ3v) is 1.06. The summed E-state index contributed by atoms with van der Waals surface area (Å²) in [5.74, 6) is 0.436. The minimum atomic E-state index is 0.189. The van der Waals surface area contributed by atoms with Crippen LogP contribution in [-0.4, -0.2) is 9.97 Å². The van der Waals surface area contributed by atoms with Crippen LogP contribution >= 0.6 is 11.6 Å². The Labute approximate surface area is 63.3 Å². The average molecular weight is 153 g/mol. The normalized spacial score (nSPS) is 8.80. The Morgan fingerprint density at radius 1 is 1.80 bits per heavy atom. The molecule has 0 unspecified atom stereocenters. The number of nitriles is 1. The fraction of sp³-hybridized carbons (Fsp3) is 0.167. The van der Waals surface area contributed by atoms with Gasteiger partial charge in [-0.3, -0.25) is 0 Å². The zero-order valence-electron chi connectivity index (χ0n) is 5.00. The molecule has 0 saturated heterocycles. The molecule has 3 nitrogen and oxygen atoms in total. The van der Waals surface area contributed by atoms with Gasteiger partial charge in [-0.1, -0.05) is 11.6 Å². The lowest BCUT2D eigenvalue weighted by Gasteiger charge is -1.90. The minimum absolute atomic E-state index is 0.189. The second kappa shape index (κ2) is 3.14. The Bertz CT molecular complexity index is 266. The minimum Gasteiger partial charge on any atom is -0.239 e. The molecular weight excluding hydrogens is 150 g/mol. The van der Waals surface area contributed by atoms with Gasteiger partial charge >= 0.3 is 0 Å². The molecule has 4 heteroatoms. The van der Waals surface area contributed by atoms with Gasteiger partial charge in [-0.2, -0.15) is 5.26 Å². The van der Waals surface area contributed by atoms with Crippen molar-refractivity contribution in [3.63, 3.8) is 0 Å². The largest absolute Gasteiger partial charge is 0.239 e. The first kappa shape index (κ1) is 6.97. The van der Waals surface area contributed by atoms with Crippen LogP contribution < -0.4 is 0 Å². The highest BCUT2D eigenvalue weighted by Crippen LogP contribution is 2.00. The third-order valence-electron chi connectivity index (χ3n) is 0.862. The van der Waals surface area contributed by atoms with Gasteiger partial charge in [0, 0.05) is 12.3 Å². The van der Waals surface area contributed by atoms with Crippen LogP contribution in [0.25, 0.3) is 0 Å². The average Bonchev–Trinajstić information content (AvgIpc) is 1.88. The van der Waals surface area contributed by atoms with Crippen molar-refractivity contribution in [2.75, 3.05) is 0 Å². The first-order valence-corrected chi connectivity index (χ1v) is 2.97. The highest BCUT2D eigenvalue weighted by Gasteiger charge is 1.94. The number of aromatic nitrogens is 2. The van der Waals surface area contributed by atoms with Crippen LogP contribution in [0, 0.1) is 17.4 Å². The fourth-order valence-corrected chi connectivity index (χ4v) is 0.637.